The molecule has 0 aliphatic heterocycles. The molecule has 2 N–H and O–H groups in total. The van der Waals surface area contributed by atoms with Crippen LogP contribution in [0.3, 0.4) is 0 Å². The topological polar surface area (TPSA) is 26.0 Å². The maximum absolute atomic E-state index is 5.93. The fourth-order valence-electron chi connectivity index (χ4n) is 0.904. The first-order valence-electron chi connectivity index (χ1n) is 3.91. The van der Waals surface area contributed by atoms with E-state index in [1.807, 2.05) is 13.8 Å². The first-order chi connectivity index (χ1) is 5.04. The summed E-state index contributed by atoms with van der Waals surface area (Å²) in [5, 5.41) is 2.15. The van der Waals surface area contributed by atoms with E-state index in [1.54, 1.807) is 11.3 Å². The summed E-state index contributed by atoms with van der Waals surface area (Å²) in [6, 6.07) is 2.20. The van der Waals surface area contributed by atoms with Gasteiger partial charge in [-0.3, -0.25) is 0 Å². The zero-order chi connectivity index (χ0) is 8.48. The second-order valence-electron chi connectivity index (χ2n) is 3.38. The molecule has 0 aromatic carbocycles. The lowest BCUT2D eigenvalue weighted by atomic mass is 9.99. The van der Waals surface area contributed by atoms with Gasteiger partial charge >= 0.3 is 0 Å². The third kappa shape index (κ3) is 2.04. The third-order valence-corrected chi connectivity index (χ3v) is 2.83. The minimum absolute atomic E-state index is 0.177. The van der Waals surface area contributed by atoms with Crippen molar-refractivity contribution >= 4 is 11.3 Å². The monoisotopic (exact) mass is 169 g/mol. The molecule has 0 amide bonds. The van der Waals surface area contributed by atoms with E-state index in [0.29, 0.717) is 0 Å². The van der Waals surface area contributed by atoms with E-state index in [2.05, 4.69) is 18.4 Å². The molecule has 0 spiro atoms. The van der Waals surface area contributed by atoms with Crippen molar-refractivity contribution in [2.75, 3.05) is 0 Å². The number of thiophene rings is 1. The van der Waals surface area contributed by atoms with Crippen LogP contribution >= 0.6 is 11.3 Å². The zero-order valence-corrected chi connectivity index (χ0v) is 8.16. The van der Waals surface area contributed by atoms with Crippen molar-refractivity contribution in [2.24, 2.45) is 5.73 Å². The molecule has 1 heterocycles. The van der Waals surface area contributed by atoms with Crippen LogP contribution < -0.4 is 5.73 Å². The SMILES string of the molecule is CCc1cc(C(C)(C)N)cs1. The van der Waals surface area contributed by atoms with Crippen LogP contribution in [0.25, 0.3) is 0 Å². The molecule has 0 fully saturated rings. The highest BCUT2D eigenvalue weighted by Gasteiger charge is 2.14. The summed E-state index contributed by atoms with van der Waals surface area (Å²) in [4.78, 5) is 1.42. The summed E-state index contributed by atoms with van der Waals surface area (Å²) in [5.74, 6) is 0. The molecule has 0 radical (unpaired) electrons. The fourth-order valence-corrected chi connectivity index (χ4v) is 1.92. The van der Waals surface area contributed by atoms with Crippen LogP contribution in [0.2, 0.25) is 0 Å². The number of aryl methyl sites for hydroxylation is 1. The molecular formula is C9H15NS. The Morgan fingerprint density at radius 1 is 1.55 bits per heavy atom. The smallest absolute Gasteiger partial charge is 0.0360 e. The maximum atomic E-state index is 5.93. The highest BCUT2D eigenvalue weighted by molar-refractivity contribution is 7.10. The molecule has 0 unspecified atom stereocenters. The molecule has 1 aromatic heterocycles. The number of hydrogen-bond acceptors (Lipinski definition) is 2. The standard InChI is InChI=1S/C9H15NS/c1-4-8-5-7(6-11-8)9(2,3)10/h5-6H,4,10H2,1-3H3. The van der Waals surface area contributed by atoms with Crippen LogP contribution in [-0.4, -0.2) is 0 Å². The van der Waals surface area contributed by atoms with Gasteiger partial charge in [-0.25, -0.2) is 0 Å². The van der Waals surface area contributed by atoms with E-state index in [-0.39, 0.29) is 5.54 Å². The molecular weight excluding hydrogens is 154 g/mol. The molecule has 0 bridgehead atoms. The van der Waals surface area contributed by atoms with Crippen LogP contribution in [0.5, 0.6) is 0 Å². The molecule has 0 saturated heterocycles. The van der Waals surface area contributed by atoms with Gasteiger partial charge in [0.1, 0.15) is 0 Å². The Hall–Kier alpha value is -0.340. The Kier molecular flexibility index (Phi) is 2.35. The minimum Gasteiger partial charge on any atom is -0.322 e. The molecule has 0 aliphatic carbocycles. The van der Waals surface area contributed by atoms with E-state index in [0.717, 1.165) is 6.42 Å². The second kappa shape index (κ2) is 2.95. The van der Waals surface area contributed by atoms with Crippen molar-refractivity contribution in [3.63, 3.8) is 0 Å². The van der Waals surface area contributed by atoms with Gasteiger partial charge in [0.2, 0.25) is 0 Å². The van der Waals surface area contributed by atoms with Gasteiger partial charge in [-0.1, -0.05) is 6.92 Å². The molecule has 11 heavy (non-hydrogen) atoms. The Labute approximate surface area is 72.2 Å². The zero-order valence-electron chi connectivity index (χ0n) is 7.35. The van der Waals surface area contributed by atoms with E-state index >= 15 is 0 Å². The molecule has 0 saturated carbocycles. The van der Waals surface area contributed by atoms with Crippen LogP contribution in [0, 0.1) is 0 Å². The lowest BCUT2D eigenvalue weighted by Gasteiger charge is -2.16. The Balaban J connectivity index is 2.89. The number of rotatable bonds is 2. The van der Waals surface area contributed by atoms with Crippen LogP contribution in [0.15, 0.2) is 11.4 Å². The Morgan fingerprint density at radius 3 is 2.45 bits per heavy atom. The average molecular weight is 169 g/mol. The molecule has 0 atom stereocenters. The summed E-state index contributed by atoms with van der Waals surface area (Å²) in [5.41, 5.74) is 7.00. The summed E-state index contributed by atoms with van der Waals surface area (Å²) in [6.07, 6.45) is 1.11. The quantitative estimate of drug-likeness (QED) is 0.723. The van der Waals surface area contributed by atoms with E-state index in [9.17, 15) is 0 Å². The van der Waals surface area contributed by atoms with Crippen LogP contribution in [0.1, 0.15) is 31.2 Å². The second-order valence-corrected chi connectivity index (χ2v) is 4.37. The van der Waals surface area contributed by atoms with Gasteiger partial charge < -0.3 is 5.73 Å². The molecule has 1 rings (SSSR count). The van der Waals surface area contributed by atoms with Gasteiger partial charge in [0.25, 0.3) is 0 Å². The molecule has 0 aliphatic rings. The van der Waals surface area contributed by atoms with Gasteiger partial charge in [0.05, 0.1) is 0 Å². The fraction of sp³-hybridized carbons (Fsp3) is 0.556. The van der Waals surface area contributed by atoms with Gasteiger partial charge in [-0.05, 0) is 37.3 Å². The van der Waals surface area contributed by atoms with E-state index in [1.165, 1.54) is 10.4 Å². The van der Waals surface area contributed by atoms with Crippen molar-refractivity contribution in [3.05, 3.63) is 21.9 Å². The van der Waals surface area contributed by atoms with Crippen molar-refractivity contribution in [1.29, 1.82) is 0 Å². The molecule has 1 aromatic rings. The summed E-state index contributed by atoms with van der Waals surface area (Å²) < 4.78 is 0. The van der Waals surface area contributed by atoms with Gasteiger partial charge in [0, 0.05) is 10.4 Å². The lowest BCUT2D eigenvalue weighted by molar-refractivity contribution is 0.556. The summed E-state index contributed by atoms with van der Waals surface area (Å²) >= 11 is 1.80. The normalized spacial score (nSPS) is 12.0. The molecule has 1 nitrogen and oxygen atoms in total. The van der Waals surface area contributed by atoms with Crippen molar-refractivity contribution in [2.45, 2.75) is 32.7 Å². The van der Waals surface area contributed by atoms with Gasteiger partial charge in [0.15, 0.2) is 0 Å². The Morgan fingerprint density at radius 2 is 2.18 bits per heavy atom. The summed E-state index contributed by atoms with van der Waals surface area (Å²) in [6.45, 7) is 6.24. The summed E-state index contributed by atoms with van der Waals surface area (Å²) in [7, 11) is 0. The predicted octanol–water partition coefficient (Wildman–Crippen LogP) is 2.50. The maximum Gasteiger partial charge on any atom is 0.0360 e. The predicted molar refractivity (Wildman–Crippen MR) is 50.9 cm³/mol. The van der Waals surface area contributed by atoms with Gasteiger partial charge in [-0.15, -0.1) is 11.3 Å². The van der Waals surface area contributed by atoms with E-state index in [4.69, 9.17) is 5.73 Å². The number of hydrogen-bond donors (Lipinski definition) is 1. The van der Waals surface area contributed by atoms with Crippen LogP contribution in [-0.2, 0) is 12.0 Å². The third-order valence-electron chi connectivity index (χ3n) is 1.75. The van der Waals surface area contributed by atoms with E-state index < -0.39 is 0 Å². The highest BCUT2D eigenvalue weighted by atomic mass is 32.1. The highest BCUT2D eigenvalue weighted by Crippen LogP contribution is 2.23. The molecule has 2 heteroatoms. The van der Waals surface area contributed by atoms with Gasteiger partial charge in [-0.2, -0.15) is 0 Å². The van der Waals surface area contributed by atoms with Crippen LogP contribution in [0.4, 0.5) is 0 Å². The molecule has 62 valence electrons. The first kappa shape index (κ1) is 8.75. The minimum atomic E-state index is -0.177. The Bertz CT molecular complexity index is 232. The lowest BCUT2D eigenvalue weighted by Crippen LogP contribution is -2.27. The van der Waals surface area contributed by atoms with Crippen molar-refractivity contribution < 1.29 is 0 Å². The average Bonchev–Trinajstić information content (AvgIpc) is 2.32. The van der Waals surface area contributed by atoms with Crippen molar-refractivity contribution in [1.82, 2.24) is 0 Å². The number of nitrogens with two attached hydrogens (primary N) is 1. The first-order valence-corrected chi connectivity index (χ1v) is 4.78. The van der Waals surface area contributed by atoms with Crippen molar-refractivity contribution in [3.8, 4) is 0 Å². The largest absolute Gasteiger partial charge is 0.322 e.